The first-order valence-corrected chi connectivity index (χ1v) is 6.96. The zero-order valence-electron chi connectivity index (χ0n) is 11.3. The maximum Gasteiger partial charge on any atom is 0.271 e. The van der Waals surface area contributed by atoms with E-state index < -0.39 is 0 Å². The van der Waals surface area contributed by atoms with Crippen LogP contribution in [-0.4, -0.2) is 28.9 Å². The fourth-order valence-electron chi connectivity index (χ4n) is 2.11. The molecule has 1 aliphatic heterocycles. The van der Waals surface area contributed by atoms with Gasteiger partial charge in [0.25, 0.3) is 5.91 Å². The summed E-state index contributed by atoms with van der Waals surface area (Å²) in [4.78, 5) is 13.1. The van der Waals surface area contributed by atoms with E-state index in [4.69, 9.17) is 0 Å². The van der Waals surface area contributed by atoms with Crippen molar-refractivity contribution in [1.82, 2.24) is 15.0 Å². The molecule has 0 spiro atoms. The molecule has 21 heavy (non-hydrogen) atoms. The Morgan fingerprint density at radius 3 is 2.67 bits per heavy atom. The van der Waals surface area contributed by atoms with Crippen LogP contribution in [0.1, 0.15) is 56.9 Å². The second kappa shape index (κ2) is 12.3. The Morgan fingerprint density at radius 1 is 1.48 bits per heavy atom. The van der Waals surface area contributed by atoms with Crippen molar-refractivity contribution in [2.24, 2.45) is 0 Å². The van der Waals surface area contributed by atoms with Crippen molar-refractivity contribution in [1.29, 1.82) is 0 Å². The average molecular weight is 354 g/mol. The summed E-state index contributed by atoms with van der Waals surface area (Å²) in [6.07, 6.45) is 2.94. The summed E-state index contributed by atoms with van der Waals surface area (Å²) in [5.74, 6) is -0.0277. The molecule has 1 aromatic rings. The fraction of sp³-hybridized carbons (Fsp3) is 0.714. The van der Waals surface area contributed by atoms with Gasteiger partial charge < -0.3 is 10.6 Å². The lowest BCUT2D eigenvalue weighted by atomic mass is 10.0. The Bertz CT molecular complexity index is 399. The first kappa shape index (κ1) is 25.7. The second-order valence-corrected chi connectivity index (χ2v) is 5.47. The molecule has 126 valence electrons. The predicted octanol–water partition coefficient (Wildman–Crippen LogP) is 3.07. The predicted molar refractivity (Wildman–Crippen MR) is 104 cm³/mol. The number of nitrogens with one attached hydrogen (secondary N) is 2. The number of rotatable bonds is 3. The fourth-order valence-corrected chi connectivity index (χ4v) is 2.75. The Morgan fingerprint density at radius 2 is 2.14 bits per heavy atom. The lowest BCUT2D eigenvalue weighted by Crippen LogP contribution is -2.46. The van der Waals surface area contributed by atoms with E-state index in [1.54, 1.807) is 0 Å². The van der Waals surface area contributed by atoms with E-state index in [9.17, 15) is 4.79 Å². The molecule has 1 fully saturated rings. The molecule has 7 heteroatoms. The minimum absolute atomic E-state index is 0. The Labute approximate surface area is 147 Å². The van der Waals surface area contributed by atoms with E-state index in [1.807, 2.05) is 6.07 Å². The van der Waals surface area contributed by atoms with Gasteiger partial charge in [-0.25, -0.2) is 0 Å². The number of piperidine rings is 1. The largest absolute Gasteiger partial charge is 0.348 e. The summed E-state index contributed by atoms with van der Waals surface area (Å²) >= 11 is 1.42. The normalized spacial score (nSPS) is 19.9. The van der Waals surface area contributed by atoms with Crippen LogP contribution in [0, 0.1) is 0 Å². The molecule has 0 aliphatic carbocycles. The van der Waals surface area contributed by atoms with Crippen molar-refractivity contribution in [3.8, 4) is 0 Å². The number of amides is 1. The standard InChI is InChI=1S/C12H19N3OS.2CH4.2H2S/c1-3-10-7-11(15-17-10)12(16)14-9-4-5-13-8(2)6-9;;;;/h7-9,13H,3-6H2,1-2H3,(H,14,16);2*1H4;2*1H2/t8-,9-;;;;/m0..../s1. The molecule has 2 rings (SSSR count). The number of nitrogens with zero attached hydrogens (tertiary/aromatic N) is 1. The SMILES string of the molecule is C.C.CCc1cc(C(=O)N[C@H]2CCN[C@@H](C)C2)ns1.S.S. The van der Waals surface area contributed by atoms with E-state index in [1.165, 1.54) is 11.5 Å². The molecule has 4 nitrogen and oxygen atoms in total. The van der Waals surface area contributed by atoms with Crippen molar-refractivity contribution in [3.63, 3.8) is 0 Å². The first-order valence-electron chi connectivity index (χ1n) is 6.19. The number of aromatic nitrogens is 1. The van der Waals surface area contributed by atoms with Gasteiger partial charge in [-0.05, 0) is 50.3 Å². The van der Waals surface area contributed by atoms with Gasteiger partial charge in [0, 0.05) is 17.0 Å². The molecule has 2 heterocycles. The summed E-state index contributed by atoms with van der Waals surface area (Å²) in [6.45, 7) is 5.20. The third-order valence-electron chi connectivity index (χ3n) is 3.10. The molecule has 1 aliphatic rings. The Hall–Kier alpha value is -0.240. The quantitative estimate of drug-likeness (QED) is 0.878. The molecule has 2 atom stereocenters. The molecule has 0 saturated carbocycles. The smallest absolute Gasteiger partial charge is 0.271 e. The molecule has 1 amide bonds. The summed E-state index contributed by atoms with van der Waals surface area (Å²) in [5.41, 5.74) is 0.568. The van der Waals surface area contributed by atoms with Crippen LogP contribution in [-0.2, 0) is 6.42 Å². The van der Waals surface area contributed by atoms with Crippen LogP contribution in [0.15, 0.2) is 6.07 Å². The lowest BCUT2D eigenvalue weighted by Gasteiger charge is -2.28. The van der Waals surface area contributed by atoms with Gasteiger partial charge in [-0.3, -0.25) is 4.79 Å². The Kier molecular flexibility index (Phi) is 15.1. The van der Waals surface area contributed by atoms with Crippen LogP contribution in [0.2, 0.25) is 0 Å². The van der Waals surface area contributed by atoms with E-state index >= 15 is 0 Å². The molecule has 0 unspecified atom stereocenters. The zero-order chi connectivity index (χ0) is 12.3. The van der Waals surface area contributed by atoms with Gasteiger partial charge in [0.2, 0.25) is 0 Å². The zero-order valence-corrected chi connectivity index (χ0v) is 14.1. The highest BCUT2D eigenvalue weighted by Gasteiger charge is 2.21. The van der Waals surface area contributed by atoms with Gasteiger partial charge in [-0.15, -0.1) is 0 Å². The Balaban J connectivity index is -0.000000810. The molecule has 0 aromatic carbocycles. The molecule has 0 radical (unpaired) electrons. The van der Waals surface area contributed by atoms with Gasteiger partial charge in [-0.1, -0.05) is 21.8 Å². The van der Waals surface area contributed by atoms with Crippen LogP contribution in [0.4, 0.5) is 0 Å². The van der Waals surface area contributed by atoms with Crippen molar-refractivity contribution >= 4 is 44.4 Å². The number of carbonyl (C=O) groups excluding carboxylic acids is 1. The monoisotopic (exact) mass is 353 g/mol. The third kappa shape index (κ3) is 7.54. The van der Waals surface area contributed by atoms with Gasteiger partial charge in [0.1, 0.15) is 5.69 Å². The van der Waals surface area contributed by atoms with Crippen molar-refractivity contribution in [3.05, 3.63) is 16.6 Å². The van der Waals surface area contributed by atoms with Gasteiger partial charge in [0.15, 0.2) is 0 Å². The van der Waals surface area contributed by atoms with E-state index in [0.29, 0.717) is 11.7 Å². The maximum atomic E-state index is 12.0. The number of hydrogen-bond donors (Lipinski definition) is 2. The van der Waals surface area contributed by atoms with E-state index in [-0.39, 0.29) is 53.8 Å². The molecule has 1 saturated heterocycles. The van der Waals surface area contributed by atoms with E-state index in [0.717, 1.165) is 30.7 Å². The average Bonchev–Trinajstić information content (AvgIpc) is 2.77. The highest BCUT2D eigenvalue weighted by molar-refractivity contribution is 7.59. The van der Waals surface area contributed by atoms with Crippen LogP contribution >= 0.6 is 38.5 Å². The highest BCUT2D eigenvalue weighted by atomic mass is 32.1. The van der Waals surface area contributed by atoms with Gasteiger partial charge >= 0.3 is 0 Å². The third-order valence-corrected chi connectivity index (χ3v) is 4.03. The summed E-state index contributed by atoms with van der Waals surface area (Å²) in [6, 6.07) is 2.66. The minimum Gasteiger partial charge on any atom is -0.348 e. The molecular weight excluding hydrogens is 322 g/mol. The summed E-state index contributed by atoms with van der Waals surface area (Å²) < 4.78 is 4.19. The van der Waals surface area contributed by atoms with Crippen LogP contribution in [0.25, 0.3) is 0 Å². The van der Waals surface area contributed by atoms with Gasteiger partial charge in [0.05, 0.1) is 0 Å². The summed E-state index contributed by atoms with van der Waals surface area (Å²) in [5, 5.41) is 6.44. The molecule has 2 N–H and O–H groups in total. The maximum absolute atomic E-state index is 12.0. The highest BCUT2D eigenvalue weighted by Crippen LogP contribution is 2.12. The van der Waals surface area contributed by atoms with E-state index in [2.05, 4.69) is 28.9 Å². The topological polar surface area (TPSA) is 54.0 Å². The van der Waals surface area contributed by atoms with Crippen molar-refractivity contribution < 1.29 is 4.79 Å². The number of aryl methyl sites for hydroxylation is 1. The number of carbonyl (C=O) groups is 1. The van der Waals surface area contributed by atoms with Crippen LogP contribution < -0.4 is 10.6 Å². The van der Waals surface area contributed by atoms with Crippen LogP contribution in [0.5, 0.6) is 0 Å². The minimum atomic E-state index is -0.0277. The van der Waals surface area contributed by atoms with Crippen LogP contribution in [0.3, 0.4) is 0 Å². The molecule has 1 aromatic heterocycles. The van der Waals surface area contributed by atoms with Crippen molar-refractivity contribution in [2.45, 2.75) is 60.0 Å². The number of hydrogen-bond acceptors (Lipinski definition) is 4. The van der Waals surface area contributed by atoms with Gasteiger partial charge in [-0.2, -0.15) is 31.4 Å². The molecular formula is C14H31N3OS3. The lowest BCUT2D eigenvalue weighted by molar-refractivity contribution is 0.0921. The first-order chi connectivity index (χ1) is 8.19. The second-order valence-electron chi connectivity index (χ2n) is 4.58. The summed E-state index contributed by atoms with van der Waals surface area (Å²) in [7, 11) is 0. The molecule has 0 bridgehead atoms. The van der Waals surface area contributed by atoms with Crippen molar-refractivity contribution in [2.75, 3.05) is 6.54 Å².